The Morgan fingerprint density at radius 1 is 0.795 bits per heavy atom. The number of likely N-dealkylation sites (tertiary alicyclic amines) is 1. The van der Waals surface area contributed by atoms with Crippen LogP contribution in [0, 0.1) is 0 Å². The van der Waals surface area contributed by atoms with E-state index in [1.807, 2.05) is 30.3 Å². The summed E-state index contributed by atoms with van der Waals surface area (Å²) < 4.78 is 4.08. The maximum absolute atomic E-state index is 13.4. The van der Waals surface area contributed by atoms with E-state index in [1.165, 1.54) is 5.56 Å². The quantitative estimate of drug-likeness (QED) is 0.256. The Morgan fingerprint density at radius 2 is 1.59 bits per heavy atom. The lowest BCUT2D eigenvalue weighted by atomic mass is 9.76. The first kappa shape index (κ1) is 28.2. The SMILES string of the molecule is O=C(c1ccccc1)N1CCC(CCN2CCCN(c3nc4ccccc4n3CCn3cnnn3)CC2)(c2ccccc2)C1. The highest BCUT2D eigenvalue weighted by molar-refractivity contribution is 5.94. The van der Waals surface area contributed by atoms with Crippen LogP contribution >= 0.6 is 0 Å². The summed E-state index contributed by atoms with van der Waals surface area (Å²) in [6, 6.07) is 28.9. The second kappa shape index (κ2) is 12.6. The first-order chi connectivity index (χ1) is 21.7. The molecule has 0 saturated carbocycles. The van der Waals surface area contributed by atoms with Gasteiger partial charge in [-0.2, -0.15) is 0 Å². The van der Waals surface area contributed by atoms with E-state index in [-0.39, 0.29) is 11.3 Å². The molecule has 1 unspecified atom stereocenters. The number of hydrogen-bond donors (Lipinski definition) is 0. The van der Waals surface area contributed by atoms with Gasteiger partial charge < -0.3 is 19.3 Å². The molecule has 0 N–H and O–H groups in total. The number of imidazole rings is 1. The Morgan fingerprint density at radius 3 is 2.41 bits per heavy atom. The van der Waals surface area contributed by atoms with Crippen LogP contribution in [-0.4, -0.2) is 91.3 Å². The van der Waals surface area contributed by atoms with Crippen molar-refractivity contribution in [1.29, 1.82) is 0 Å². The standard InChI is InChI=1S/C34H39N9O/c44-32(28-10-3-1-4-11-28)41-21-17-34(26-41,29-12-5-2-6-13-29)16-20-39-18-9-19-40(23-22-39)33-36-30-14-7-8-15-31(30)43(33)25-24-42-27-35-37-38-42/h1-8,10-15,27H,9,16-26H2. The molecule has 3 aromatic carbocycles. The minimum Gasteiger partial charge on any atom is -0.341 e. The Balaban J connectivity index is 1.05. The smallest absolute Gasteiger partial charge is 0.253 e. The van der Waals surface area contributed by atoms with Crippen LogP contribution < -0.4 is 4.90 Å². The lowest BCUT2D eigenvalue weighted by molar-refractivity contribution is 0.0781. The van der Waals surface area contributed by atoms with Gasteiger partial charge in [0.15, 0.2) is 0 Å². The fourth-order valence-electron chi connectivity index (χ4n) is 6.96. The van der Waals surface area contributed by atoms with Crippen LogP contribution in [0.4, 0.5) is 5.95 Å². The van der Waals surface area contributed by atoms with Gasteiger partial charge in [-0.05, 0) is 72.6 Å². The number of aromatic nitrogens is 6. The van der Waals surface area contributed by atoms with Crippen molar-refractivity contribution < 1.29 is 4.79 Å². The molecule has 4 heterocycles. The van der Waals surface area contributed by atoms with E-state index < -0.39 is 0 Å². The van der Waals surface area contributed by atoms with Crippen LogP contribution in [0.3, 0.4) is 0 Å². The molecular weight excluding hydrogens is 550 g/mol. The third-order valence-corrected chi connectivity index (χ3v) is 9.40. The maximum Gasteiger partial charge on any atom is 0.253 e. The number of fused-ring (bicyclic) bond motifs is 1. The highest BCUT2D eigenvalue weighted by atomic mass is 16.2. The number of carbonyl (C=O) groups excluding carboxylic acids is 1. The molecule has 2 aliphatic rings. The highest BCUT2D eigenvalue weighted by Crippen LogP contribution is 2.38. The van der Waals surface area contributed by atoms with Gasteiger partial charge in [0.2, 0.25) is 5.95 Å². The molecule has 0 aliphatic carbocycles. The van der Waals surface area contributed by atoms with E-state index >= 15 is 0 Å². The number of carbonyl (C=O) groups is 1. The van der Waals surface area contributed by atoms with Crippen LogP contribution in [0.15, 0.2) is 91.3 Å². The Kier molecular flexibility index (Phi) is 8.06. The van der Waals surface area contributed by atoms with Crippen molar-refractivity contribution in [2.75, 3.05) is 50.7 Å². The number of tetrazole rings is 1. The molecule has 44 heavy (non-hydrogen) atoms. The Bertz CT molecular complexity index is 1670. The van der Waals surface area contributed by atoms with Gasteiger partial charge in [0.05, 0.1) is 17.6 Å². The Labute approximate surface area is 257 Å². The van der Waals surface area contributed by atoms with Crippen molar-refractivity contribution in [1.82, 2.24) is 39.6 Å². The molecule has 226 valence electrons. The van der Waals surface area contributed by atoms with Crippen LogP contribution in [0.25, 0.3) is 11.0 Å². The van der Waals surface area contributed by atoms with E-state index in [0.717, 1.165) is 94.2 Å². The lowest BCUT2D eigenvalue weighted by Crippen LogP contribution is -2.39. The molecule has 0 radical (unpaired) electrons. The molecule has 1 atom stereocenters. The highest BCUT2D eigenvalue weighted by Gasteiger charge is 2.41. The van der Waals surface area contributed by atoms with Crippen LogP contribution in [0.5, 0.6) is 0 Å². The summed E-state index contributed by atoms with van der Waals surface area (Å²) in [7, 11) is 0. The van der Waals surface area contributed by atoms with Gasteiger partial charge in [-0.1, -0.05) is 60.7 Å². The van der Waals surface area contributed by atoms with Crippen molar-refractivity contribution in [3.05, 3.63) is 102 Å². The van der Waals surface area contributed by atoms with Crippen LogP contribution in [-0.2, 0) is 18.5 Å². The third kappa shape index (κ3) is 5.81. The molecule has 10 heteroatoms. The summed E-state index contributed by atoms with van der Waals surface area (Å²) >= 11 is 0. The van der Waals surface area contributed by atoms with Crippen LogP contribution in [0.1, 0.15) is 35.2 Å². The number of rotatable bonds is 9. The summed E-state index contributed by atoms with van der Waals surface area (Å²) in [6.45, 7) is 7.91. The number of hydrogen-bond acceptors (Lipinski definition) is 7. The molecule has 10 nitrogen and oxygen atoms in total. The molecule has 0 bridgehead atoms. The minimum absolute atomic E-state index is 0.0398. The number of nitrogens with zero attached hydrogens (tertiary/aromatic N) is 9. The summed E-state index contributed by atoms with van der Waals surface area (Å²) in [5.74, 6) is 1.16. The fraction of sp³-hybridized carbons (Fsp3) is 0.382. The number of para-hydroxylation sites is 2. The predicted molar refractivity (Wildman–Crippen MR) is 171 cm³/mol. The van der Waals surface area contributed by atoms with Gasteiger partial charge in [-0.15, -0.1) is 5.10 Å². The Hall–Kier alpha value is -4.57. The number of benzene rings is 3. The van der Waals surface area contributed by atoms with Gasteiger partial charge >= 0.3 is 0 Å². The van der Waals surface area contributed by atoms with E-state index in [2.05, 4.69) is 89.4 Å². The number of anilines is 1. The zero-order valence-electron chi connectivity index (χ0n) is 25.1. The molecular formula is C34H39N9O. The summed E-state index contributed by atoms with van der Waals surface area (Å²) in [5.41, 5.74) is 4.23. The average Bonchev–Trinajstić information content (AvgIpc) is 3.80. The second-order valence-electron chi connectivity index (χ2n) is 12.0. The molecule has 2 fully saturated rings. The van der Waals surface area contributed by atoms with E-state index in [9.17, 15) is 4.79 Å². The first-order valence-corrected chi connectivity index (χ1v) is 15.7. The van der Waals surface area contributed by atoms with E-state index in [4.69, 9.17) is 4.98 Å². The molecule has 2 aliphatic heterocycles. The zero-order chi connectivity index (χ0) is 29.8. The molecule has 2 aromatic heterocycles. The third-order valence-electron chi connectivity index (χ3n) is 9.40. The van der Waals surface area contributed by atoms with Gasteiger partial charge in [-0.3, -0.25) is 4.79 Å². The summed E-state index contributed by atoms with van der Waals surface area (Å²) in [4.78, 5) is 25.6. The van der Waals surface area contributed by atoms with Gasteiger partial charge in [0.25, 0.3) is 5.91 Å². The van der Waals surface area contributed by atoms with E-state index in [1.54, 1.807) is 11.0 Å². The van der Waals surface area contributed by atoms with Gasteiger partial charge in [0, 0.05) is 50.2 Å². The van der Waals surface area contributed by atoms with Gasteiger partial charge in [-0.25, -0.2) is 9.67 Å². The van der Waals surface area contributed by atoms with Crippen molar-refractivity contribution in [3.63, 3.8) is 0 Å². The largest absolute Gasteiger partial charge is 0.341 e. The van der Waals surface area contributed by atoms with E-state index in [0.29, 0.717) is 6.54 Å². The minimum atomic E-state index is -0.0398. The molecule has 0 spiro atoms. The molecule has 5 aromatic rings. The molecule has 1 amide bonds. The summed E-state index contributed by atoms with van der Waals surface area (Å²) in [5, 5.41) is 11.6. The monoisotopic (exact) mass is 589 g/mol. The maximum atomic E-state index is 13.4. The number of amides is 1. The number of aryl methyl sites for hydroxylation is 2. The predicted octanol–water partition coefficient (Wildman–Crippen LogP) is 4.11. The topological polar surface area (TPSA) is 88.2 Å². The summed E-state index contributed by atoms with van der Waals surface area (Å²) in [6.07, 6.45) is 4.75. The van der Waals surface area contributed by atoms with Crippen molar-refractivity contribution >= 4 is 22.9 Å². The van der Waals surface area contributed by atoms with Gasteiger partial charge in [0.1, 0.15) is 6.33 Å². The first-order valence-electron chi connectivity index (χ1n) is 15.7. The average molecular weight is 590 g/mol. The lowest BCUT2D eigenvalue weighted by Gasteiger charge is -2.33. The van der Waals surface area contributed by atoms with Crippen molar-refractivity contribution in [2.24, 2.45) is 0 Å². The molecule has 7 rings (SSSR count). The zero-order valence-corrected chi connectivity index (χ0v) is 25.1. The fourth-order valence-corrected chi connectivity index (χ4v) is 6.96. The van der Waals surface area contributed by atoms with Crippen molar-refractivity contribution in [3.8, 4) is 0 Å². The molecule has 2 saturated heterocycles. The second-order valence-corrected chi connectivity index (χ2v) is 12.0. The van der Waals surface area contributed by atoms with Crippen molar-refractivity contribution in [2.45, 2.75) is 37.8 Å². The van der Waals surface area contributed by atoms with Crippen LogP contribution in [0.2, 0.25) is 0 Å². The normalized spacial score (nSPS) is 19.5.